The van der Waals surface area contributed by atoms with E-state index in [0.717, 1.165) is 19.5 Å². The van der Waals surface area contributed by atoms with Crippen molar-refractivity contribution >= 4 is 5.91 Å². The van der Waals surface area contributed by atoms with Gasteiger partial charge in [-0.25, -0.2) is 0 Å². The molecule has 2 N–H and O–H groups in total. The molecule has 1 saturated carbocycles. The van der Waals surface area contributed by atoms with Gasteiger partial charge in [0.2, 0.25) is 5.91 Å². The highest BCUT2D eigenvalue weighted by Crippen LogP contribution is 2.29. The molecule has 1 heterocycles. The van der Waals surface area contributed by atoms with E-state index in [9.17, 15) is 4.79 Å². The minimum Gasteiger partial charge on any atom is -0.341 e. The van der Waals surface area contributed by atoms with Gasteiger partial charge in [0.1, 0.15) is 0 Å². The molecule has 1 amide bonds. The molecule has 1 aliphatic heterocycles. The number of nitrogens with zero attached hydrogens (tertiary/aromatic N) is 2. The van der Waals surface area contributed by atoms with Crippen LogP contribution in [0, 0.1) is 5.92 Å². The summed E-state index contributed by atoms with van der Waals surface area (Å²) in [6.07, 6.45) is 4.94. The molecule has 24 heavy (non-hydrogen) atoms. The van der Waals surface area contributed by atoms with Crippen molar-refractivity contribution in [2.75, 3.05) is 26.7 Å². The molecule has 2 aliphatic rings. The van der Waals surface area contributed by atoms with E-state index in [1.165, 1.54) is 24.8 Å². The molecule has 1 aromatic carbocycles. The Morgan fingerprint density at radius 3 is 2.62 bits per heavy atom. The lowest BCUT2D eigenvalue weighted by Crippen LogP contribution is -2.46. The van der Waals surface area contributed by atoms with Crippen molar-refractivity contribution < 1.29 is 4.79 Å². The Bertz CT molecular complexity index is 547. The first-order chi connectivity index (χ1) is 11.6. The van der Waals surface area contributed by atoms with E-state index in [4.69, 9.17) is 5.73 Å². The third kappa shape index (κ3) is 3.81. The summed E-state index contributed by atoms with van der Waals surface area (Å²) < 4.78 is 0. The molecule has 4 nitrogen and oxygen atoms in total. The molecular weight excluding hydrogens is 298 g/mol. The SMILES string of the molecule is CC1CCCCC1N(C)C(=O)CN1C[C@@H](N)[C@H](c2ccccc2)C1. The Balaban J connectivity index is 1.57. The molecule has 1 saturated heterocycles. The van der Waals surface area contributed by atoms with Crippen LogP contribution in [0.25, 0.3) is 0 Å². The normalized spacial score (nSPS) is 31.1. The average Bonchev–Trinajstić information content (AvgIpc) is 2.95. The summed E-state index contributed by atoms with van der Waals surface area (Å²) in [6.45, 7) is 4.46. The highest BCUT2D eigenvalue weighted by molar-refractivity contribution is 5.78. The van der Waals surface area contributed by atoms with Crippen molar-refractivity contribution in [1.82, 2.24) is 9.80 Å². The van der Waals surface area contributed by atoms with E-state index in [2.05, 4.69) is 36.1 Å². The van der Waals surface area contributed by atoms with Crippen LogP contribution in [-0.2, 0) is 4.79 Å². The Morgan fingerprint density at radius 2 is 1.92 bits per heavy atom. The van der Waals surface area contributed by atoms with Crippen LogP contribution in [0.3, 0.4) is 0 Å². The van der Waals surface area contributed by atoms with Crippen LogP contribution in [0.4, 0.5) is 0 Å². The lowest BCUT2D eigenvalue weighted by Gasteiger charge is -2.37. The number of carbonyl (C=O) groups excluding carboxylic acids is 1. The second kappa shape index (κ2) is 7.66. The maximum absolute atomic E-state index is 12.7. The smallest absolute Gasteiger partial charge is 0.236 e. The fourth-order valence-corrected chi connectivity index (χ4v) is 4.46. The molecule has 2 fully saturated rings. The number of likely N-dealkylation sites (tertiary alicyclic amines) is 1. The number of hydrogen-bond donors (Lipinski definition) is 1. The number of amides is 1. The Morgan fingerprint density at radius 1 is 1.21 bits per heavy atom. The predicted molar refractivity (Wildman–Crippen MR) is 97.8 cm³/mol. The number of hydrogen-bond acceptors (Lipinski definition) is 3. The fraction of sp³-hybridized carbons (Fsp3) is 0.650. The van der Waals surface area contributed by atoms with Gasteiger partial charge in [-0.05, 0) is 24.3 Å². The van der Waals surface area contributed by atoms with Crippen molar-refractivity contribution in [2.24, 2.45) is 11.7 Å². The topological polar surface area (TPSA) is 49.6 Å². The van der Waals surface area contributed by atoms with Crippen molar-refractivity contribution in [3.05, 3.63) is 35.9 Å². The zero-order valence-corrected chi connectivity index (χ0v) is 15.0. The van der Waals surface area contributed by atoms with Gasteiger partial charge in [0.25, 0.3) is 0 Å². The lowest BCUT2D eigenvalue weighted by atomic mass is 9.85. The van der Waals surface area contributed by atoms with Crippen molar-refractivity contribution in [1.29, 1.82) is 0 Å². The molecule has 1 aromatic rings. The first kappa shape index (κ1) is 17.4. The summed E-state index contributed by atoms with van der Waals surface area (Å²) in [5, 5.41) is 0. The van der Waals surface area contributed by atoms with Crippen LogP contribution >= 0.6 is 0 Å². The quantitative estimate of drug-likeness (QED) is 0.923. The monoisotopic (exact) mass is 329 g/mol. The summed E-state index contributed by atoms with van der Waals surface area (Å²) in [4.78, 5) is 17.0. The zero-order valence-electron chi connectivity index (χ0n) is 15.0. The number of likely N-dealkylation sites (N-methyl/N-ethyl adjacent to an activating group) is 1. The van der Waals surface area contributed by atoms with Gasteiger partial charge in [0, 0.05) is 38.1 Å². The van der Waals surface area contributed by atoms with Crippen molar-refractivity contribution in [3.63, 3.8) is 0 Å². The average molecular weight is 329 g/mol. The highest BCUT2D eigenvalue weighted by Gasteiger charge is 2.34. The standard InChI is InChI=1S/C20H31N3O/c1-15-8-6-7-11-19(15)22(2)20(24)14-23-12-17(18(21)13-23)16-9-4-3-5-10-16/h3-5,9-10,15,17-19H,6-8,11-14,21H2,1-2H3/t15?,17-,18+,19?/m0/s1. The first-order valence-corrected chi connectivity index (χ1v) is 9.35. The molecule has 0 bridgehead atoms. The van der Waals surface area contributed by atoms with Crippen LogP contribution in [0.1, 0.15) is 44.1 Å². The molecule has 0 spiro atoms. The van der Waals surface area contributed by atoms with Crippen molar-refractivity contribution in [2.45, 2.75) is 50.6 Å². The minimum absolute atomic E-state index is 0.110. The Labute approximate surface area is 146 Å². The zero-order chi connectivity index (χ0) is 17.1. The predicted octanol–water partition coefficient (Wildman–Crippen LogP) is 2.45. The van der Waals surface area contributed by atoms with Crippen LogP contribution in [0.2, 0.25) is 0 Å². The van der Waals surface area contributed by atoms with Gasteiger partial charge >= 0.3 is 0 Å². The largest absolute Gasteiger partial charge is 0.341 e. The Hall–Kier alpha value is -1.39. The van der Waals surface area contributed by atoms with Gasteiger partial charge in [-0.1, -0.05) is 50.1 Å². The van der Waals surface area contributed by atoms with Gasteiger partial charge in [0.15, 0.2) is 0 Å². The van der Waals surface area contributed by atoms with Crippen molar-refractivity contribution in [3.8, 4) is 0 Å². The van der Waals surface area contributed by atoms with E-state index in [1.54, 1.807) is 0 Å². The second-order valence-electron chi connectivity index (χ2n) is 7.71. The molecule has 3 rings (SSSR count). The number of benzene rings is 1. The first-order valence-electron chi connectivity index (χ1n) is 9.35. The van der Waals surface area contributed by atoms with Gasteiger partial charge in [-0.3, -0.25) is 9.69 Å². The van der Waals surface area contributed by atoms with Gasteiger partial charge < -0.3 is 10.6 Å². The molecule has 4 atom stereocenters. The van der Waals surface area contributed by atoms with E-state index in [1.807, 2.05) is 18.0 Å². The van der Waals surface area contributed by atoms with E-state index in [0.29, 0.717) is 24.4 Å². The maximum atomic E-state index is 12.7. The molecule has 132 valence electrons. The summed E-state index contributed by atoms with van der Waals surface area (Å²) in [6, 6.07) is 11.0. The van der Waals surface area contributed by atoms with Crippen LogP contribution in [0.15, 0.2) is 30.3 Å². The summed E-state index contributed by atoms with van der Waals surface area (Å²) >= 11 is 0. The van der Waals surface area contributed by atoms with Crippen LogP contribution in [0.5, 0.6) is 0 Å². The van der Waals surface area contributed by atoms with Crippen LogP contribution in [-0.4, -0.2) is 54.5 Å². The maximum Gasteiger partial charge on any atom is 0.236 e. The van der Waals surface area contributed by atoms with Gasteiger partial charge in [-0.2, -0.15) is 0 Å². The van der Waals surface area contributed by atoms with E-state index < -0.39 is 0 Å². The summed E-state index contributed by atoms with van der Waals surface area (Å²) in [5.74, 6) is 1.19. The lowest BCUT2D eigenvalue weighted by molar-refractivity contribution is -0.134. The third-order valence-corrected chi connectivity index (χ3v) is 5.98. The van der Waals surface area contributed by atoms with Gasteiger partial charge in [0.05, 0.1) is 6.54 Å². The highest BCUT2D eigenvalue weighted by atomic mass is 16.2. The molecular formula is C20H31N3O. The van der Waals surface area contributed by atoms with Gasteiger partial charge in [-0.15, -0.1) is 0 Å². The number of nitrogens with two attached hydrogens (primary N) is 1. The molecule has 2 unspecified atom stereocenters. The fourth-order valence-electron chi connectivity index (χ4n) is 4.46. The third-order valence-electron chi connectivity index (χ3n) is 5.98. The molecule has 4 heteroatoms. The van der Waals surface area contributed by atoms with E-state index in [-0.39, 0.29) is 11.9 Å². The van der Waals surface area contributed by atoms with E-state index >= 15 is 0 Å². The summed E-state index contributed by atoms with van der Waals surface area (Å²) in [5.41, 5.74) is 7.64. The molecule has 0 aromatic heterocycles. The minimum atomic E-state index is 0.110. The number of rotatable bonds is 4. The van der Waals surface area contributed by atoms with Crippen LogP contribution < -0.4 is 5.73 Å². The number of carbonyl (C=O) groups is 1. The molecule has 0 radical (unpaired) electrons. The molecule has 1 aliphatic carbocycles. The Kier molecular flexibility index (Phi) is 5.57. The second-order valence-corrected chi connectivity index (χ2v) is 7.71. The summed E-state index contributed by atoms with van der Waals surface area (Å²) in [7, 11) is 1.99.